The predicted octanol–water partition coefficient (Wildman–Crippen LogP) is 3.62. The number of nitrogens with one attached hydrogen (secondary N) is 1. The molecule has 3 aromatic rings. The summed E-state index contributed by atoms with van der Waals surface area (Å²) in [5, 5.41) is 2.63. The highest BCUT2D eigenvalue weighted by Gasteiger charge is 2.40. The number of benzene rings is 2. The molecule has 0 fully saturated rings. The Kier molecular flexibility index (Phi) is 5.05. The number of fused-ring (bicyclic) bond motifs is 1. The monoisotopic (exact) mass is 395 g/mol. The zero-order valence-corrected chi connectivity index (χ0v) is 15.1. The Bertz CT molecular complexity index is 1050. The van der Waals surface area contributed by atoms with E-state index in [1.807, 2.05) is 0 Å². The van der Waals surface area contributed by atoms with Gasteiger partial charge in [-0.1, -0.05) is 30.3 Å². The molecule has 1 aromatic heterocycles. The van der Waals surface area contributed by atoms with Crippen molar-refractivity contribution in [3.63, 3.8) is 0 Å². The number of hydrogen-bond donors (Lipinski definition) is 1. The standard InChI is InChI=1S/C18H16F3N3O2S/c1-27(25,26)13-7-8-15-14(10-13)17(23-11-22-15)24-16(18(19,20)21)9-12-5-3-2-4-6-12/h2-8,10-11,16H,9H2,1H3,(H,22,23,24)/t16-/m0/s1. The molecular weight excluding hydrogens is 379 g/mol. The third kappa shape index (κ3) is 4.54. The van der Waals surface area contributed by atoms with E-state index < -0.39 is 22.1 Å². The maximum Gasteiger partial charge on any atom is 0.408 e. The molecule has 5 nitrogen and oxygen atoms in total. The van der Waals surface area contributed by atoms with Gasteiger partial charge in [0.2, 0.25) is 0 Å². The van der Waals surface area contributed by atoms with Crippen molar-refractivity contribution in [2.24, 2.45) is 0 Å². The minimum Gasteiger partial charge on any atom is -0.358 e. The van der Waals surface area contributed by atoms with Crippen molar-refractivity contribution >= 4 is 26.6 Å². The largest absolute Gasteiger partial charge is 0.408 e. The summed E-state index contributed by atoms with van der Waals surface area (Å²) in [6, 6.07) is 10.5. The van der Waals surface area contributed by atoms with Gasteiger partial charge in [0, 0.05) is 18.1 Å². The van der Waals surface area contributed by atoms with E-state index in [-0.39, 0.29) is 22.5 Å². The summed E-state index contributed by atoms with van der Waals surface area (Å²) < 4.78 is 64.2. The van der Waals surface area contributed by atoms with Gasteiger partial charge in [-0.05, 0) is 23.8 Å². The van der Waals surface area contributed by atoms with Crippen LogP contribution in [-0.2, 0) is 16.3 Å². The third-order valence-corrected chi connectivity index (χ3v) is 5.13. The summed E-state index contributed by atoms with van der Waals surface area (Å²) in [5.41, 5.74) is 0.864. The summed E-state index contributed by atoms with van der Waals surface area (Å²) in [4.78, 5) is 7.88. The van der Waals surface area contributed by atoms with Gasteiger partial charge in [-0.15, -0.1) is 0 Å². The minimum atomic E-state index is -4.53. The molecule has 0 aliphatic carbocycles. The Morgan fingerprint density at radius 2 is 1.78 bits per heavy atom. The van der Waals surface area contributed by atoms with Crippen molar-refractivity contribution < 1.29 is 21.6 Å². The molecule has 0 saturated heterocycles. The van der Waals surface area contributed by atoms with E-state index >= 15 is 0 Å². The summed E-state index contributed by atoms with van der Waals surface area (Å²) in [6.07, 6.45) is -2.65. The first kappa shape index (κ1) is 19.1. The summed E-state index contributed by atoms with van der Waals surface area (Å²) >= 11 is 0. The normalized spacial score (nSPS) is 13.5. The zero-order chi connectivity index (χ0) is 19.7. The van der Waals surface area contributed by atoms with E-state index in [1.54, 1.807) is 30.3 Å². The number of nitrogens with zero attached hydrogens (tertiary/aromatic N) is 2. The number of sulfone groups is 1. The van der Waals surface area contributed by atoms with Crippen molar-refractivity contribution in [3.05, 3.63) is 60.4 Å². The van der Waals surface area contributed by atoms with E-state index in [0.29, 0.717) is 11.1 Å². The smallest absolute Gasteiger partial charge is 0.358 e. The molecule has 27 heavy (non-hydrogen) atoms. The molecule has 2 aromatic carbocycles. The Labute approximate surface area is 154 Å². The van der Waals surface area contributed by atoms with Gasteiger partial charge in [-0.25, -0.2) is 18.4 Å². The SMILES string of the molecule is CS(=O)(=O)c1ccc2ncnc(N[C@@H](Cc3ccccc3)C(F)(F)F)c2c1. The second-order valence-corrected chi connectivity index (χ2v) is 8.12. The van der Waals surface area contributed by atoms with E-state index in [0.717, 1.165) is 12.6 Å². The van der Waals surface area contributed by atoms with Gasteiger partial charge < -0.3 is 5.32 Å². The van der Waals surface area contributed by atoms with Crippen LogP contribution in [0.2, 0.25) is 0 Å². The van der Waals surface area contributed by atoms with E-state index in [2.05, 4.69) is 15.3 Å². The molecule has 1 atom stereocenters. The number of halogens is 3. The van der Waals surface area contributed by atoms with Crippen LogP contribution in [0.15, 0.2) is 59.8 Å². The molecule has 3 rings (SSSR count). The van der Waals surface area contributed by atoms with Crippen molar-refractivity contribution in [3.8, 4) is 0 Å². The summed E-state index contributed by atoms with van der Waals surface area (Å²) in [5.74, 6) is -0.0660. The van der Waals surface area contributed by atoms with Crippen LogP contribution in [-0.4, -0.2) is 36.9 Å². The van der Waals surface area contributed by atoms with Gasteiger partial charge in [0.1, 0.15) is 18.2 Å². The molecule has 0 saturated carbocycles. The van der Waals surface area contributed by atoms with Gasteiger partial charge in [0.25, 0.3) is 0 Å². The molecule has 142 valence electrons. The average Bonchev–Trinajstić information content (AvgIpc) is 2.60. The maximum atomic E-state index is 13.6. The Hall–Kier alpha value is -2.68. The van der Waals surface area contributed by atoms with Crippen molar-refractivity contribution in [1.82, 2.24) is 9.97 Å². The quantitative estimate of drug-likeness (QED) is 0.715. The van der Waals surface area contributed by atoms with Crippen LogP contribution in [0, 0.1) is 0 Å². The van der Waals surface area contributed by atoms with E-state index in [4.69, 9.17) is 0 Å². The van der Waals surface area contributed by atoms with Gasteiger partial charge >= 0.3 is 6.18 Å². The van der Waals surface area contributed by atoms with Gasteiger partial charge in [-0.2, -0.15) is 13.2 Å². The first-order valence-corrected chi connectivity index (χ1v) is 9.86. The second kappa shape index (κ2) is 7.15. The number of alkyl halides is 3. The Morgan fingerprint density at radius 3 is 2.41 bits per heavy atom. The highest BCUT2D eigenvalue weighted by molar-refractivity contribution is 7.90. The molecular formula is C18H16F3N3O2S. The highest BCUT2D eigenvalue weighted by atomic mass is 32.2. The molecule has 0 radical (unpaired) electrons. The molecule has 0 amide bonds. The Balaban J connectivity index is 2.01. The van der Waals surface area contributed by atoms with Crippen LogP contribution in [0.1, 0.15) is 5.56 Å². The fourth-order valence-corrected chi connectivity index (χ4v) is 3.29. The number of aromatic nitrogens is 2. The molecule has 0 bridgehead atoms. The minimum absolute atomic E-state index is 0.0144. The lowest BCUT2D eigenvalue weighted by atomic mass is 10.1. The van der Waals surface area contributed by atoms with Crippen molar-refractivity contribution in [1.29, 1.82) is 0 Å². The number of hydrogen-bond acceptors (Lipinski definition) is 5. The number of anilines is 1. The zero-order valence-electron chi connectivity index (χ0n) is 14.2. The predicted molar refractivity (Wildman–Crippen MR) is 96.3 cm³/mol. The lowest BCUT2D eigenvalue weighted by molar-refractivity contribution is -0.142. The second-order valence-electron chi connectivity index (χ2n) is 6.10. The van der Waals surface area contributed by atoms with Crippen LogP contribution < -0.4 is 5.32 Å². The van der Waals surface area contributed by atoms with Crippen molar-refractivity contribution in [2.45, 2.75) is 23.5 Å². The van der Waals surface area contributed by atoms with Crippen LogP contribution in [0.4, 0.5) is 19.0 Å². The van der Waals surface area contributed by atoms with Gasteiger partial charge in [0.15, 0.2) is 9.84 Å². The lowest BCUT2D eigenvalue weighted by Crippen LogP contribution is -2.38. The molecule has 0 unspecified atom stereocenters. The fraction of sp³-hybridized carbons (Fsp3) is 0.222. The molecule has 1 N–H and O–H groups in total. The molecule has 1 heterocycles. The van der Waals surface area contributed by atoms with Gasteiger partial charge in [0.05, 0.1) is 10.4 Å². The third-order valence-electron chi connectivity index (χ3n) is 4.02. The van der Waals surface area contributed by atoms with Crippen molar-refractivity contribution in [2.75, 3.05) is 11.6 Å². The van der Waals surface area contributed by atoms with Crippen LogP contribution in [0.25, 0.3) is 10.9 Å². The molecule has 0 aliphatic heterocycles. The maximum absolute atomic E-state index is 13.6. The average molecular weight is 395 g/mol. The topological polar surface area (TPSA) is 72.0 Å². The van der Waals surface area contributed by atoms with Crippen LogP contribution in [0.5, 0.6) is 0 Å². The number of rotatable bonds is 5. The highest BCUT2D eigenvalue weighted by Crippen LogP contribution is 2.29. The molecule has 0 spiro atoms. The summed E-state index contributed by atoms with van der Waals surface area (Å²) in [6.45, 7) is 0. The fourth-order valence-electron chi connectivity index (χ4n) is 2.64. The Morgan fingerprint density at radius 1 is 1.07 bits per heavy atom. The summed E-state index contributed by atoms with van der Waals surface area (Å²) in [7, 11) is -3.52. The first-order chi connectivity index (χ1) is 12.6. The van der Waals surface area contributed by atoms with Gasteiger partial charge in [-0.3, -0.25) is 0 Å². The first-order valence-electron chi connectivity index (χ1n) is 7.96. The van der Waals surface area contributed by atoms with E-state index in [1.165, 1.54) is 18.2 Å². The molecule has 0 aliphatic rings. The molecule has 9 heteroatoms. The van der Waals surface area contributed by atoms with E-state index in [9.17, 15) is 21.6 Å². The van der Waals surface area contributed by atoms with Crippen LogP contribution in [0.3, 0.4) is 0 Å². The van der Waals surface area contributed by atoms with Crippen LogP contribution >= 0.6 is 0 Å². The lowest BCUT2D eigenvalue weighted by Gasteiger charge is -2.23.